The summed E-state index contributed by atoms with van der Waals surface area (Å²) in [5.41, 5.74) is 0. The van der Waals surface area contributed by atoms with Gasteiger partial charge in [0.1, 0.15) is 0 Å². The maximum Gasteiger partial charge on any atom is 0.0559 e. The second kappa shape index (κ2) is 8.08. The van der Waals surface area contributed by atoms with E-state index in [1.807, 2.05) is 0 Å². The van der Waals surface area contributed by atoms with Crippen LogP contribution in [0.5, 0.6) is 0 Å². The van der Waals surface area contributed by atoms with Gasteiger partial charge in [-0.3, -0.25) is 0 Å². The third-order valence-electron chi connectivity index (χ3n) is 3.44. The molecule has 0 aromatic carbocycles. The Bertz CT molecular complexity index is 164. The van der Waals surface area contributed by atoms with Crippen LogP contribution in [-0.4, -0.2) is 25.3 Å². The largest absolute Gasteiger partial charge is 0.378 e. The molecule has 0 aromatic heterocycles. The standard InChI is InChI=1S/C14H29NO/c1-12(2)15-10-9-13(3)16-11-14-7-5-4-6-8-14/h12-15H,4-11H2,1-3H3. The molecule has 0 aliphatic heterocycles. The second-order valence-electron chi connectivity index (χ2n) is 5.55. The van der Waals surface area contributed by atoms with Crippen molar-refractivity contribution in [1.29, 1.82) is 0 Å². The van der Waals surface area contributed by atoms with E-state index >= 15 is 0 Å². The van der Waals surface area contributed by atoms with Gasteiger partial charge in [-0.1, -0.05) is 33.1 Å². The maximum absolute atomic E-state index is 5.92. The lowest BCUT2D eigenvalue weighted by atomic mass is 9.90. The van der Waals surface area contributed by atoms with Gasteiger partial charge in [0, 0.05) is 12.6 Å². The lowest BCUT2D eigenvalue weighted by Crippen LogP contribution is -2.27. The van der Waals surface area contributed by atoms with Crippen molar-refractivity contribution in [2.24, 2.45) is 5.92 Å². The molecule has 2 nitrogen and oxygen atoms in total. The predicted molar refractivity (Wildman–Crippen MR) is 69.7 cm³/mol. The van der Waals surface area contributed by atoms with Gasteiger partial charge in [-0.05, 0) is 38.6 Å². The zero-order valence-electron chi connectivity index (χ0n) is 11.3. The molecule has 1 fully saturated rings. The molecule has 0 bridgehead atoms. The van der Waals surface area contributed by atoms with Crippen molar-refractivity contribution in [3.63, 3.8) is 0 Å². The van der Waals surface area contributed by atoms with E-state index in [4.69, 9.17) is 4.74 Å². The molecule has 1 atom stereocenters. The van der Waals surface area contributed by atoms with Crippen molar-refractivity contribution < 1.29 is 4.74 Å². The fourth-order valence-electron chi connectivity index (χ4n) is 2.31. The molecule has 1 aliphatic rings. The predicted octanol–water partition coefficient (Wildman–Crippen LogP) is 3.36. The van der Waals surface area contributed by atoms with Gasteiger partial charge >= 0.3 is 0 Å². The highest BCUT2D eigenvalue weighted by Gasteiger charge is 2.14. The van der Waals surface area contributed by atoms with Crippen molar-refractivity contribution in [3.8, 4) is 0 Å². The zero-order valence-corrected chi connectivity index (χ0v) is 11.3. The van der Waals surface area contributed by atoms with Gasteiger partial charge in [0.2, 0.25) is 0 Å². The van der Waals surface area contributed by atoms with E-state index < -0.39 is 0 Å². The van der Waals surface area contributed by atoms with Crippen LogP contribution in [0.15, 0.2) is 0 Å². The lowest BCUT2D eigenvalue weighted by Gasteiger charge is -2.23. The van der Waals surface area contributed by atoms with Crippen LogP contribution in [0.2, 0.25) is 0 Å². The molecule has 1 rings (SSSR count). The molecule has 0 spiro atoms. The average Bonchev–Trinajstić information content (AvgIpc) is 2.27. The smallest absolute Gasteiger partial charge is 0.0559 e. The molecular formula is C14H29NO. The normalized spacial score (nSPS) is 20.2. The molecule has 0 heterocycles. The minimum absolute atomic E-state index is 0.410. The molecule has 2 heteroatoms. The Hall–Kier alpha value is -0.0800. The van der Waals surface area contributed by atoms with Crippen molar-refractivity contribution in [2.75, 3.05) is 13.2 Å². The molecule has 0 radical (unpaired) electrons. The van der Waals surface area contributed by atoms with Crippen LogP contribution >= 0.6 is 0 Å². The number of hydrogen-bond donors (Lipinski definition) is 1. The Morgan fingerprint density at radius 2 is 1.81 bits per heavy atom. The topological polar surface area (TPSA) is 21.3 Å². The summed E-state index contributed by atoms with van der Waals surface area (Å²) in [6.07, 6.45) is 8.57. The summed E-state index contributed by atoms with van der Waals surface area (Å²) in [6, 6.07) is 0.588. The Morgan fingerprint density at radius 3 is 2.44 bits per heavy atom. The van der Waals surface area contributed by atoms with E-state index in [9.17, 15) is 0 Å². The zero-order chi connectivity index (χ0) is 11.8. The van der Waals surface area contributed by atoms with Gasteiger partial charge in [0.05, 0.1) is 6.10 Å². The summed E-state index contributed by atoms with van der Waals surface area (Å²) < 4.78 is 5.92. The molecule has 1 N–H and O–H groups in total. The van der Waals surface area contributed by atoms with Gasteiger partial charge < -0.3 is 10.1 Å². The van der Waals surface area contributed by atoms with E-state index in [1.165, 1.54) is 32.1 Å². The summed E-state index contributed by atoms with van der Waals surface area (Å²) in [5.74, 6) is 0.842. The Labute approximate surface area is 101 Å². The molecule has 1 unspecified atom stereocenters. The quantitative estimate of drug-likeness (QED) is 0.720. The van der Waals surface area contributed by atoms with E-state index in [2.05, 4.69) is 26.1 Å². The number of rotatable bonds is 7. The molecule has 1 aliphatic carbocycles. The third-order valence-corrected chi connectivity index (χ3v) is 3.44. The molecule has 16 heavy (non-hydrogen) atoms. The van der Waals surface area contributed by atoms with Crippen LogP contribution in [0.1, 0.15) is 59.3 Å². The van der Waals surface area contributed by atoms with Gasteiger partial charge in [-0.15, -0.1) is 0 Å². The van der Waals surface area contributed by atoms with E-state index in [1.54, 1.807) is 0 Å². The van der Waals surface area contributed by atoms with Gasteiger partial charge in [-0.25, -0.2) is 0 Å². The fourth-order valence-corrected chi connectivity index (χ4v) is 2.31. The van der Waals surface area contributed by atoms with E-state index in [0.29, 0.717) is 12.1 Å². The van der Waals surface area contributed by atoms with E-state index in [0.717, 1.165) is 25.5 Å². The van der Waals surface area contributed by atoms with Crippen LogP contribution in [-0.2, 0) is 4.74 Å². The van der Waals surface area contributed by atoms with Gasteiger partial charge in [0.25, 0.3) is 0 Å². The third kappa shape index (κ3) is 6.49. The minimum atomic E-state index is 0.410. The average molecular weight is 227 g/mol. The first-order chi connectivity index (χ1) is 7.68. The van der Waals surface area contributed by atoms with Crippen molar-refractivity contribution in [2.45, 2.75) is 71.4 Å². The van der Waals surface area contributed by atoms with Gasteiger partial charge in [-0.2, -0.15) is 0 Å². The van der Waals surface area contributed by atoms with Crippen molar-refractivity contribution in [1.82, 2.24) is 5.32 Å². The van der Waals surface area contributed by atoms with Crippen LogP contribution in [0.4, 0.5) is 0 Å². The Kier molecular flexibility index (Phi) is 7.06. The van der Waals surface area contributed by atoms with Crippen molar-refractivity contribution >= 4 is 0 Å². The summed E-state index contributed by atoms with van der Waals surface area (Å²) in [5, 5.41) is 3.43. The van der Waals surface area contributed by atoms with Crippen LogP contribution in [0.25, 0.3) is 0 Å². The van der Waals surface area contributed by atoms with Crippen LogP contribution in [0, 0.1) is 5.92 Å². The summed E-state index contributed by atoms with van der Waals surface area (Å²) in [6.45, 7) is 8.64. The number of hydrogen-bond acceptors (Lipinski definition) is 2. The SMILES string of the molecule is CC(C)NCCC(C)OCC1CCCCC1. The highest BCUT2D eigenvalue weighted by Crippen LogP contribution is 2.24. The first-order valence-electron chi connectivity index (χ1n) is 7.03. The number of nitrogens with one attached hydrogen (secondary N) is 1. The lowest BCUT2D eigenvalue weighted by molar-refractivity contribution is 0.0267. The summed E-state index contributed by atoms with van der Waals surface area (Å²) in [4.78, 5) is 0. The molecule has 0 saturated heterocycles. The number of ether oxygens (including phenoxy) is 1. The first-order valence-corrected chi connectivity index (χ1v) is 7.03. The summed E-state index contributed by atoms with van der Waals surface area (Å²) >= 11 is 0. The highest BCUT2D eigenvalue weighted by atomic mass is 16.5. The van der Waals surface area contributed by atoms with E-state index in [-0.39, 0.29) is 0 Å². The monoisotopic (exact) mass is 227 g/mol. The molecule has 96 valence electrons. The highest BCUT2D eigenvalue weighted by molar-refractivity contribution is 4.66. The van der Waals surface area contributed by atoms with Crippen molar-refractivity contribution in [3.05, 3.63) is 0 Å². The molecule has 0 aromatic rings. The van der Waals surface area contributed by atoms with Gasteiger partial charge in [0.15, 0.2) is 0 Å². The second-order valence-corrected chi connectivity index (χ2v) is 5.55. The molecule has 0 amide bonds. The van der Waals surface area contributed by atoms with Crippen LogP contribution in [0.3, 0.4) is 0 Å². The Balaban J connectivity index is 1.98. The molecule has 1 saturated carbocycles. The first kappa shape index (κ1) is 14.0. The fraction of sp³-hybridized carbons (Fsp3) is 1.00. The minimum Gasteiger partial charge on any atom is -0.378 e. The summed E-state index contributed by atoms with van der Waals surface area (Å²) in [7, 11) is 0. The molecular weight excluding hydrogens is 198 g/mol. The van der Waals surface area contributed by atoms with Crippen LogP contribution < -0.4 is 5.32 Å². The maximum atomic E-state index is 5.92. The Morgan fingerprint density at radius 1 is 1.12 bits per heavy atom.